The smallest absolute Gasteiger partial charge is 0.123 e. The Hall–Kier alpha value is -0.610. The summed E-state index contributed by atoms with van der Waals surface area (Å²) in [6.07, 6.45) is 2.03. The highest BCUT2D eigenvalue weighted by Gasteiger charge is 2.11. The number of aromatic nitrogens is 1. The second-order valence-corrected chi connectivity index (χ2v) is 5.87. The zero-order valence-electron chi connectivity index (χ0n) is 10.0. The zero-order chi connectivity index (χ0) is 13.1. The molecule has 96 valence electrons. The van der Waals surface area contributed by atoms with Gasteiger partial charge in [-0.25, -0.2) is 4.98 Å². The minimum absolute atomic E-state index is 0.536. The second kappa shape index (κ2) is 6.02. The van der Waals surface area contributed by atoms with Gasteiger partial charge in [-0.1, -0.05) is 42.6 Å². The van der Waals surface area contributed by atoms with Crippen LogP contribution in [0.4, 0.5) is 0 Å². The Morgan fingerprint density at radius 1 is 1.28 bits per heavy atom. The lowest BCUT2D eigenvalue weighted by atomic mass is 10.2. The van der Waals surface area contributed by atoms with Crippen LogP contribution in [0.25, 0.3) is 10.6 Å². The first-order valence-corrected chi connectivity index (χ1v) is 7.37. The van der Waals surface area contributed by atoms with Crippen molar-refractivity contribution in [2.24, 2.45) is 5.73 Å². The van der Waals surface area contributed by atoms with Crippen molar-refractivity contribution in [3.05, 3.63) is 38.8 Å². The quantitative estimate of drug-likeness (QED) is 0.901. The molecule has 0 aliphatic heterocycles. The Balaban J connectivity index is 2.40. The van der Waals surface area contributed by atoms with E-state index in [9.17, 15) is 0 Å². The molecule has 1 aromatic carbocycles. The second-order valence-electron chi connectivity index (χ2n) is 3.97. The summed E-state index contributed by atoms with van der Waals surface area (Å²) < 4.78 is 0. The van der Waals surface area contributed by atoms with Gasteiger partial charge in [0.05, 0.1) is 15.7 Å². The zero-order valence-corrected chi connectivity index (χ0v) is 12.4. The van der Waals surface area contributed by atoms with Crippen LogP contribution in [0.5, 0.6) is 0 Å². The van der Waals surface area contributed by atoms with Crippen molar-refractivity contribution in [3.63, 3.8) is 0 Å². The number of nitrogens with two attached hydrogens (primary N) is 1. The summed E-state index contributed by atoms with van der Waals surface area (Å²) in [5, 5.41) is 2.07. The van der Waals surface area contributed by atoms with E-state index in [4.69, 9.17) is 28.9 Å². The van der Waals surface area contributed by atoms with Gasteiger partial charge in [0.25, 0.3) is 0 Å². The van der Waals surface area contributed by atoms with E-state index in [1.165, 1.54) is 0 Å². The monoisotopic (exact) mass is 300 g/mol. The minimum atomic E-state index is 0.536. The van der Waals surface area contributed by atoms with Gasteiger partial charge in [-0.3, -0.25) is 0 Å². The maximum Gasteiger partial charge on any atom is 0.123 e. The van der Waals surface area contributed by atoms with E-state index in [0.29, 0.717) is 16.6 Å². The summed E-state index contributed by atoms with van der Waals surface area (Å²) in [4.78, 5) is 5.80. The fraction of sp³-hybridized carbons (Fsp3) is 0.308. The molecule has 0 unspecified atom stereocenters. The molecule has 2 aromatic rings. The lowest BCUT2D eigenvalue weighted by molar-refractivity contribution is 0.872. The molecule has 0 spiro atoms. The van der Waals surface area contributed by atoms with Gasteiger partial charge in [-0.15, -0.1) is 11.3 Å². The van der Waals surface area contributed by atoms with Gasteiger partial charge in [0.2, 0.25) is 0 Å². The van der Waals surface area contributed by atoms with Gasteiger partial charge >= 0.3 is 0 Å². The first-order chi connectivity index (χ1) is 8.65. The third-order valence-electron chi connectivity index (χ3n) is 2.62. The molecule has 5 heteroatoms. The van der Waals surface area contributed by atoms with Crippen molar-refractivity contribution in [1.29, 1.82) is 0 Å². The van der Waals surface area contributed by atoms with Crippen LogP contribution in [0.15, 0.2) is 18.2 Å². The first-order valence-electron chi connectivity index (χ1n) is 5.79. The largest absolute Gasteiger partial charge is 0.326 e. The molecular weight excluding hydrogens is 287 g/mol. The van der Waals surface area contributed by atoms with Crippen molar-refractivity contribution in [2.75, 3.05) is 0 Å². The van der Waals surface area contributed by atoms with Gasteiger partial charge in [-0.2, -0.15) is 0 Å². The average molecular weight is 301 g/mol. The van der Waals surface area contributed by atoms with Crippen molar-refractivity contribution in [2.45, 2.75) is 26.3 Å². The van der Waals surface area contributed by atoms with Gasteiger partial charge in [0.15, 0.2) is 0 Å². The number of thiazole rings is 1. The molecule has 18 heavy (non-hydrogen) atoms. The highest BCUT2D eigenvalue weighted by molar-refractivity contribution is 7.15. The van der Waals surface area contributed by atoms with Crippen LogP contribution in [0.1, 0.15) is 23.9 Å². The molecule has 2 nitrogen and oxygen atoms in total. The number of nitrogens with zero attached hydrogens (tertiary/aromatic N) is 1. The van der Waals surface area contributed by atoms with Gasteiger partial charge in [0.1, 0.15) is 5.01 Å². The highest BCUT2D eigenvalue weighted by atomic mass is 35.5. The van der Waals surface area contributed by atoms with E-state index in [-0.39, 0.29) is 0 Å². The van der Waals surface area contributed by atoms with Crippen molar-refractivity contribution in [3.8, 4) is 10.6 Å². The average Bonchev–Trinajstić information content (AvgIpc) is 2.76. The maximum atomic E-state index is 6.03. The van der Waals surface area contributed by atoms with Crippen LogP contribution in [0.2, 0.25) is 10.0 Å². The molecule has 0 saturated carbocycles. The molecule has 2 rings (SSSR count). The molecule has 0 bridgehead atoms. The predicted molar refractivity (Wildman–Crippen MR) is 79.5 cm³/mol. The van der Waals surface area contributed by atoms with Crippen LogP contribution < -0.4 is 5.73 Å². The SMILES string of the molecule is CCCc1nc(-c2ccc(Cl)c(Cl)c2)sc1CN. The molecule has 1 aromatic heterocycles. The van der Waals surface area contributed by atoms with E-state index in [1.54, 1.807) is 17.4 Å². The number of halogens is 2. The number of benzene rings is 1. The minimum Gasteiger partial charge on any atom is -0.326 e. The number of rotatable bonds is 4. The lowest BCUT2D eigenvalue weighted by Gasteiger charge is -1.99. The van der Waals surface area contributed by atoms with Crippen molar-refractivity contribution >= 4 is 34.5 Å². The van der Waals surface area contributed by atoms with Crippen LogP contribution >= 0.6 is 34.5 Å². The summed E-state index contributed by atoms with van der Waals surface area (Å²) in [7, 11) is 0. The lowest BCUT2D eigenvalue weighted by Crippen LogP contribution is -1.97. The van der Waals surface area contributed by atoms with E-state index in [0.717, 1.165) is 34.0 Å². The van der Waals surface area contributed by atoms with Gasteiger partial charge < -0.3 is 5.73 Å². The summed E-state index contributed by atoms with van der Waals surface area (Å²) >= 11 is 13.6. The van der Waals surface area contributed by atoms with E-state index in [1.807, 2.05) is 12.1 Å². The van der Waals surface area contributed by atoms with Crippen molar-refractivity contribution < 1.29 is 0 Å². The maximum absolute atomic E-state index is 6.03. The van der Waals surface area contributed by atoms with Gasteiger partial charge in [0, 0.05) is 17.0 Å². The Labute approximate surface area is 121 Å². The Morgan fingerprint density at radius 3 is 2.67 bits per heavy atom. The summed E-state index contributed by atoms with van der Waals surface area (Å²) in [6, 6.07) is 5.57. The standard InChI is InChI=1S/C13H14Cl2N2S/c1-2-3-11-12(7-16)18-13(17-11)8-4-5-9(14)10(15)6-8/h4-6H,2-3,7,16H2,1H3. The van der Waals surface area contributed by atoms with Crippen LogP contribution in [-0.2, 0) is 13.0 Å². The molecule has 0 atom stereocenters. The Kier molecular flexibility index (Phi) is 4.62. The number of hydrogen-bond acceptors (Lipinski definition) is 3. The van der Waals surface area contributed by atoms with E-state index < -0.39 is 0 Å². The predicted octanol–water partition coefficient (Wildman–Crippen LogP) is 4.53. The molecule has 0 fully saturated rings. The van der Waals surface area contributed by atoms with Crippen molar-refractivity contribution in [1.82, 2.24) is 4.98 Å². The molecule has 1 heterocycles. The summed E-state index contributed by atoms with van der Waals surface area (Å²) in [5.74, 6) is 0. The fourth-order valence-corrected chi connectivity index (χ4v) is 3.01. The van der Waals surface area contributed by atoms with Crippen LogP contribution in [0, 0.1) is 0 Å². The molecule has 2 N–H and O–H groups in total. The fourth-order valence-electron chi connectivity index (χ4n) is 1.73. The summed E-state index contributed by atoms with van der Waals surface area (Å²) in [5.41, 5.74) is 7.84. The van der Waals surface area contributed by atoms with Crippen LogP contribution in [0.3, 0.4) is 0 Å². The Bertz CT molecular complexity index is 552. The number of aryl methyl sites for hydroxylation is 1. The van der Waals surface area contributed by atoms with Crippen LogP contribution in [-0.4, -0.2) is 4.98 Å². The summed E-state index contributed by atoms with van der Waals surface area (Å²) in [6.45, 7) is 2.67. The molecule has 0 radical (unpaired) electrons. The number of hydrogen-bond donors (Lipinski definition) is 1. The first kappa shape index (κ1) is 13.8. The highest BCUT2D eigenvalue weighted by Crippen LogP contribution is 2.32. The molecular formula is C13H14Cl2N2S. The molecule has 0 saturated heterocycles. The Morgan fingerprint density at radius 2 is 2.06 bits per heavy atom. The third-order valence-corrected chi connectivity index (χ3v) is 4.53. The topological polar surface area (TPSA) is 38.9 Å². The van der Waals surface area contributed by atoms with E-state index >= 15 is 0 Å². The van der Waals surface area contributed by atoms with E-state index in [2.05, 4.69) is 11.9 Å². The molecule has 0 aliphatic carbocycles. The molecule has 0 amide bonds. The third kappa shape index (κ3) is 2.86. The van der Waals surface area contributed by atoms with Gasteiger partial charge in [-0.05, 0) is 18.6 Å². The molecule has 0 aliphatic rings. The normalized spacial score (nSPS) is 10.9.